The summed E-state index contributed by atoms with van der Waals surface area (Å²) < 4.78 is 5.70. The van der Waals surface area contributed by atoms with Gasteiger partial charge in [-0.3, -0.25) is 5.10 Å². The molecule has 0 unspecified atom stereocenters. The summed E-state index contributed by atoms with van der Waals surface area (Å²) >= 11 is 0. The maximum absolute atomic E-state index is 11.3. The Morgan fingerprint density at radius 1 is 1.37 bits per heavy atom. The molecule has 1 heterocycles. The molecule has 2 rings (SSSR count). The van der Waals surface area contributed by atoms with E-state index in [0.29, 0.717) is 22.7 Å². The summed E-state index contributed by atoms with van der Waals surface area (Å²) in [5.41, 5.74) is 1.79. The molecule has 0 atom stereocenters. The van der Waals surface area contributed by atoms with Crippen LogP contribution in [0.4, 0.5) is 0 Å². The van der Waals surface area contributed by atoms with Crippen LogP contribution in [0.15, 0.2) is 24.3 Å². The molecule has 0 saturated carbocycles. The SMILES string of the molecule is Cc1[nH]nc(-c2ccccc2OC(C)C)c1C(=O)O. The highest BCUT2D eigenvalue weighted by molar-refractivity contribution is 5.96. The van der Waals surface area contributed by atoms with Crippen LogP contribution >= 0.6 is 0 Å². The largest absolute Gasteiger partial charge is 0.490 e. The predicted octanol–water partition coefficient (Wildman–Crippen LogP) is 2.87. The molecule has 1 aromatic carbocycles. The molecule has 5 heteroatoms. The number of carbonyl (C=O) groups is 1. The lowest BCUT2D eigenvalue weighted by atomic mass is 10.1. The van der Waals surface area contributed by atoms with Crippen molar-refractivity contribution in [2.75, 3.05) is 0 Å². The van der Waals surface area contributed by atoms with Gasteiger partial charge in [0.15, 0.2) is 0 Å². The highest BCUT2D eigenvalue weighted by Gasteiger charge is 2.21. The van der Waals surface area contributed by atoms with Crippen LogP contribution in [0.1, 0.15) is 29.9 Å². The van der Waals surface area contributed by atoms with Gasteiger partial charge in [-0.15, -0.1) is 0 Å². The van der Waals surface area contributed by atoms with Gasteiger partial charge in [-0.05, 0) is 32.9 Å². The van der Waals surface area contributed by atoms with Crippen LogP contribution in [-0.4, -0.2) is 27.4 Å². The number of nitrogens with zero attached hydrogens (tertiary/aromatic N) is 1. The number of aromatic nitrogens is 2. The zero-order valence-corrected chi connectivity index (χ0v) is 11.1. The molecule has 0 bridgehead atoms. The normalized spacial score (nSPS) is 10.7. The Labute approximate surface area is 111 Å². The van der Waals surface area contributed by atoms with E-state index in [0.717, 1.165) is 0 Å². The van der Waals surface area contributed by atoms with Gasteiger partial charge in [0, 0.05) is 11.3 Å². The van der Waals surface area contributed by atoms with Crippen molar-refractivity contribution >= 4 is 5.97 Å². The van der Waals surface area contributed by atoms with E-state index in [9.17, 15) is 9.90 Å². The summed E-state index contributed by atoms with van der Waals surface area (Å²) in [7, 11) is 0. The fraction of sp³-hybridized carbons (Fsp3) is 0.286. The summed E-state index contributed by atoms with van der Waals surface area (Å²) in [5, 5.41) is 16.1. The van der Waals surface area contributed by atoms with Crippen LogP contribution in [0.5, 0.6) is 5.75 Å². The molecule has 1 aromatic heterocycles. The molecule has 0 aliphatic rings. The Balaban J connectivity index is 2.56. The first-order chi connectivity index (χ1) is 9.00. The molecule has 0 amide bonds. The third kappa shape index (κ3) is 2.59. The number of ether oxygens (including phenoxy) is 1. The fourth-order valence-electron chi connectivity index (χ4n) is 1.90. The van der Waals surface area contributed by atoms with Crippen LogP contribution in [0.3, 0.4) is 0 Å². The zero-order chi connectivity index (χ0) is 14.0. The van der Waals surface area contributed by atoms with Gasteiger partial charge < -0.3 is 9.84 Å². The summed E-state index contributed by atoms with van der Waals surface area (Å²) in [5.74, 6) is -0.368. The molecule has 0 radical (unpaired) electrons. The number of hydrogen-bond donors (Lipinski definition) is 2. The second-order valence-corrected chi connectivity index (χ2v) is 4.54. The smallest absolute Gasteiger partial charge is 0.339 e. The summed E-state index contributed by atoms with van der Waals surface area (Å²) in [6.07, 6.45) is 0.00877. The number of hydrogen-bond acceptors (Lipinski definition) is 3. The van der Waals surface area contributed by atoms with E-state index in [1.54, 1.807) is 13.0 Å². The van der Waals surface area contributed by atoms with E-state index in [2.05, 4.69) is 10.2 Å². The first-order valence-electron chi connectivity index (χ1n) is 6.05. The number of carboxylic acids is 1. The van der Waals surface area contributed by atoms with Crippen molar-refractivity contribution in [3.63, 3.8) is 0 Å². The van der Waals surface area contributed by atoms with Gasteiger partial charge in [-0.1, -0.05) is 12.1 Å². The van der Waals surface area contributed by atoms with Crippen molar-refractivity contribution in [2.24, 2.45) is 0 Å². The molecule has 0 aliphatic carbocycles. The topological polar surface area (TPSA) is 75.2 Å². The molecule has 5 nitrogen and oxygen atoms in total. The lowest BCUT2D eigenvalue weighted by Crippen LogP contribution is -2.07. The summed E-state index contributed by atoms with van der Waals surface area (Å²) in [4.78, 5) is 11.3. The Morgan fingerprint density at radius 3 is 2.68 bits per heavy atom. The van der Waals surface area contributed by atoms with Gasteiger partial charge in [-0.25, -0.2) is 4.79 Å². The molecular weight excluding hydrogens is 244 g/mol. The Hall–Kier alpha value is -2.30. The number of aryl methyl sites for hydroxylation is 1. The number of aromatic carboxylic acids is 1. The van der Waals surface area contributed by atoms with E-state index < -0.39 is 5.97 Å². The number of H-pyrrole nitrogens is 1. The molecule has 19 heavy (non-hydrogen) atoms. The van der Waals surface area contributed by atoms with E-state index in [-0.39, 0.29) is 11.7 Å². The van der Waals surface area contributed by atoms with E-state index in [4.69, 9.17) is 4.74 Å². The molecule has 100 valence electrons. The van der Waals surface area contributed by atoms with Crippen molar-refractivity contribution < 1.29 is 14.6 Å². The zero-order valence-electron chi connectivity index (χ0n) is 11.1. The Morgan fingerprint density at radius 2 is 2.05 bits per heavy atom. The van der Waals surface area contributed by atoms with E-state index >= 15 is 0 Å². The third-order valence-corrected chi connectivity index (χ3v) is 2.67. The second-order valence-electron chi connectivity index (χ2n) is 4.54. The molecule has 0 fully saturated rings. The highest BCUT2D eigenvalue weighted by atomic mass is 16.5. The van der Waals surface area contributed by atoms with Crippen molar-refractivity contribution in [2.45, 2.75) is 26.9 Å². The average Bonchev–Trinajstić information content (AvgIpc) is 2.71. The Bertz CT molecular complexity index is 602. The summed E-state index contributed by atoms with van der Waals surface area (Å²) in [6.45, 7) is 5.53. The molecular formula is C14H16N2O3. The number of carboxylic acid groups (broad SMARTS) is 1. The number of para-hydroxylation sites is 1. The third-order valence-electron chi connectivity index (χ3n) is 2.67. The van der Waals surface area contributed by atoms with Gasteiger partial charge in [0.2, 0.25) is 0 Å². The van der Waals surface area contributed by atoms with Gasteiger partial charge >= 0.3 is 5.97 Å². The van der Waals surface area contributed by atoms with Crippen molar-refractivity contribution in [3.05, 3.63) is 35.5 Å². The monoisotopic (exact) mass is 260 g/mol. The molecule has 2 N–H and O–H groups in total. The second kappa shape index (κ2) is 5.14. The van der Waals surface area contributed by atoms with Gasteiger partial charge in [0.25, 0.3) is 0 Å². The minimum atomic E-state index is -0.999. The molecule has 0 aliphatic heterocycles. The Kier molecular flexibility index (Phi) is 3.55. The van der Waals surface area contributed by atoms with E-state index in [1.807, 2.05) is 32.0 Å². The van der Waals surface area contributed by atoms with Gasteiger partial charge in [0.1, 0.15) is 17.0 Å². The minimum absolute atomic E-state index is 0.00877. The van der Waals surface area contributed by atoms with Crippen LogP contribution in [0, 0.1) is 6.92 Å². The first kappa shape index (κ1) is 13.1. The van der Waals surface area contributed by atoms with Gasteiger partial charge in [0.05, 0.1) is 6.10 Å². The van der Waals surface area contributed by atoms with Crippen molar-refractivity contribution in [1.82, 2.24) is 10.2 Å². The van der Waals surface area contributed by atoms with Crippen LogP contribution in [-0.2, 0) is 0 Å². The van der Waals surface area contributed by atoms with Crippen LogP contribution in [0.25, 0.3) is 11.3 Å². The molecule has 0 saturated heterocycles. The maximum atomic E-state index is 11.3. The summed E-state index contributed by atoms with van der Waals surface area (Å²) in [6, 6.07) is 7.30. The molecule has 2 aromatic rings. The van der Waals surface area contributed by atoms with Crippen LogP contribution < -0.4 is 4.74 Å². The van der Waals surface area contributed by atoms with Crippen molar-refractivity contribution in [1.29, 1.82) is 0 Å². The quantitative estimate of drug-likeness (QED) is 0.886. The van der Waals surface area contributed by atoms with Crippen LogP contribution in [0.2, 0.25) is 0 Å². The highest BCUT2D eigenvalue weighted by Crippen LogP contribution is 2.32. The van der Waals surface area contributed by atoms with Crippen molar-refractivity contribution in [3.8, 4) is 17.0 Å². The average molecular weight is 260 g/mol. The molecule has 0 spiro atoms. The van der Waals surface area contributed by atoms with E-state index in [1.165, 1.54) is 0 Å². The maximum Gasteiger partial charge on any atom is 0.339 e. The standard InChI is InChI=1S/C14H16N2O3/c1-8(2)19-11-7-5-4-6-10(11)13-12(14(17)18)9(3)15-16-13/h4-8H,1-3H3,(H,15,16)(H,17,18). The van der Waals surface area contributed by atoms with Gasteiger partial charge in [-0.2, -0.15) is 5.10 Å². The number of nitrogens with one attached hydrogen (secondary N) is 1. The number of rotatable bonds is 4. The number of benzene rings is 1. The lowest BCUT2D eigenvalue weighted by molar-refractivity contribution is 0.0697. The fourth-order valence-corrected chi connectivity index (χ4v) is 1.90. The first-order valence-corrected chi connectivity index (χ1v) is 6.05. The number of aromatic amines is 1. The predicted molar refractivity (Wildman–Crippen MR) is 71.5 cm³/mol. The minimum Gasteiger partial charge on any atom is -0.490 e. The lowest BCUT2D eigenvalue weighted by Gasteiger charge is -2.13.